The summed E-state index contributed by atoms with van der Waals surface area (Å²) in [5.41, 5.74) is 1.92. The van der Waals surface area contributed by atoms with Crippen LogP contribution >= 0.6 is 0 Å². The molecule has 1 aromatic carbocycles. The average molecular weight is 334 g/mol. The highest BCUT2D eigenvalue weighted by Crippen LogP contribution is 2.31. The molecule has 1 amide bonds. The van der Waals surface area contributed by atoms with E-state index >= 15 is 0 Å². The number of aryl methyl sites for hydroxylation is 1. The van der Waals surface area contributed by atoms with Crippen molar-refractivity contribution in [2.45, 2.75) is 45.5 Å². The summed E-state index contributed by atoms with van der Waals surface area (Å²) in [4.78, 5) is 11.7. The number of ether oxygens (including phenoxy) is 1. The van der Waals surface area contributed by atoms with Crippen molar-refractivity contribution in [2.24, 2.45) is 7.05 Å². The van der Waals surface area contributed by atoms with Crippen molar-refractivity contribution < 1.29 is 19.7 Å². The fraction of sp³-hybridized carbons (Fsp3) is 0.500. The van der Waals surface area contributed by atoms with Gasteiger partial charge in [0, 0.05) is 35.8 Å². The Morgan fingerprint density at radius 2 is 1.92 bits per heavy atom. The SMILES string of the molecule is Cc1c(C(O)C(O)CNC(=O)OC(C)(C)C)c2ccccc2n1C. The fourth-order valence-electron chi connectivity index (χ4n) is 2.73. The highest BCUT2D eigenvalue weighted by molar-refractivity contribution is 5.85. The first kappa shape index (κ1) is 18.3. The standard InChI is InChI=1S/C18H26N2O4/c1-11-15(12-8-6-7-9-13(12)20(11)5)16(22)14(21)10-19-17(23)24-18(2,3)4/h6-9,14,16,21-22H,10H2,1-5H3,(H,19,23). The minimum Gasteiger partial charge on any atom is -0.444 e. The van der Waals surface area contributed by atoms with E-state index in [1.807, 2.05) is 42.8 Å². The molecule has 24 heavy (non-hydrogen) atoms. The molecule has 0 aliphatic carbocycles. The van der Waals surface area contributed by atoms with Gasteiger partial charge in [0.15, 0.2) is 0 Å². The average Bonchev–Trinajstić information content (AvgIpc) is 2.74. The van der Waals surface area contributed by atoms with Crippen molar-refractivity contribution in [1.29, 1.82) is 0 Å². The van der Waals surface area contributed by atoms with Crippen LogP contribution < -0.4 is 5.32 Å². The lowest BCUT2D eigenvalue weighted by Gasteiger charge is -2.22. The predicted octanol–water partition coefficient (Wildman–Crippen LogP) is 2.41. The molecule has 0 fully saturated rings. The number of aromatic nitrogens is 1. The molecule has 2 atom stereocenters. The zero-order chi connectivity index (χ0) is 18.1. The van der Waals surface area contributed by atoms with Crippen LogP contribution in [0.15, 0.2) is 24.3 Å². The number of para-hydroxylation sites is 1. The first-order chi connectivity index (χ1) is 11.1. The summed E-state index contributed by atoms with van der Waals surface area (Å²) in [5.74, 6) is 0. The molecule has 2 aromatic rings. The highest BCUT2D eigenvalue weighted by Gasteiger charge is 2.26. The normalized spacial score (nSPS) is 14.5. The number of carbonyl (C=O) groups excluding carboxylic acids is 1. The molecule has 0 aliphatic rings. The van der Waals surface area contributed by atoms with Crippen LogP contribution in [0, 0.1) is 6.92 Å². The van der Waals surface area contributed by atoms with Crippen LogP contribution in [0.5, 0.6) is 0 Å². The van der Waals surface area contributed by atoms with Crippen molar-refractivity contribution in [3.63, 3.8) is 0 Å². The Labute approximate surface area is 142 Å². The lowest BCUT2D eigenvalue weighted by Crippen LogP contribution is -2.39. The van der Waals surface area contributed by atoms with Gasteiger partial charge in [0.2, 0.25) is 0 Å². The number of carbonyl (C=O) groups is 1. The molecule has 3 N–H and O–H groups in total. The number of alkyl carbamates (subject to hydrolysis) is 1. The predicted molar refractivity (Wildman–Crippen MR) is 92.9 cm³/mol. The lowest BCUT2D eigenvalue weighted by molar-refractivity contribution is 0.0133. The molecular weight excluding hydrogens is 308 g/mol. The second-order valence-electron chi connectivity index (χ2n) is 6.97. The molecule has 6 heteroatoms. The molecule has 0 radical (unpaired) electrons. The zero-order valence-electron chi connectivity index (χ0n) is 14.8. The Kier molecular flexibility index (Phi) is 5.20. The summed E-state index contributed by atoms with van der Waals surface area (Å²) in [5, 5.41) is 24.2. The number of rotatable bonds is 4. The Morgan fingerprint density at radius 3 is 2.54 bits per heavy atom. The first-order valence-electron chi connectivity index (χ1n) is 7.98. The molecule has 0 aliphatic heterocycles. The van der Waals surface area contributed by atoms with E-state index in [1.54, 1.807) is 20.8 Å². The second kappa shape index (κ2) is 6.83. The van der Waals surface area contributed by atoms with E-state index in [2.05, 4.69) is 5.32 Å². The van der Waals surface area contributed by atoms with E-state index in [1.165, 1.54) is 0 Å². The molecule has 0 bridgehead atoms. The summed E-state index contributed by atoms with van der Waals surface area (Å²) in [7, 11) is 1.92. The molecule has 132 valence electrons. The number of nitrogens with one attached hydrogen (secondary N) is 1. The van der Waals surface area contributed by atoms with Crippen LogP contribution in [-0.4, -0.2) is 39.1 Å². The van der Waals surface area contributed by atoms with Crippen LogP contribution in [0.1, 0.15) is 38.1 Å². The van der Waals surface area contributed by atoms with Gasteiger partial charge in [-0.1, -0.05) is 18.2 Å². The van der Waals surface area contributed by atoms with Gasteiger partial charge < -0.3 is 24.8 Å². The van der Waals surface area contributed by atoms with Crippen molar-refractivity contribution in [1.82, 2.24) is 9.88 Å². The summed E-state index contributed by atoms with van der Waals surface area (Å²) in [6.45, 7) is 7.08. The Hall–Kier alpha value is -2.05. The maximum absolute atomic E-state index is 11.7. The smallest absolute Gasteiger partial charge is 0.407 e. The van der Waals surface area contributed by atoms with Crippen molar-refractivity contribution in [3.8, 4) is 0 Å². The van der Waals surface area contributed by atoms with E-state index in [4.69, 9.17) is 4.74 Å². The van der Waals surface area contributed by atoms with Crippen molar-refractivity contribution in [3.05, 3.63) is 35.5 Å². The molecule has 2 unspecified atom stereocenters. The summed E-state index contributed by atoms with van der Waals surface area (Å²) in [6, 6.07) is 7.69. The van der Waals surface area contributed by atoms with Gasteiger partial charge in [-0.3, -0.25) is 0 Å². The number of benzene rings is 1. The van der Waals surface area contributed by atoms with Crippen LogP contribution in [0.25, 0.3) is 10.9 Å². The minimum absolute atomic E-state index is 0.0985. The fourth-order valence-corrected chi connectivity index (χ4v) is 2.73. The van der Waals surface area contributed by atoms with Gasteiger partial charge in [0.1, 0.15) is 17.8 Å². The van der Waals surface area contributed by atoms with E-state index in [-0.39, 0.29) is 6.54 Å². The Bertz CT molecular complexity index is 730. The van der Waals surface area contributed by atoms with Crippen LogP contribution in [-0.2, 0) is 11.8 Å². The molecule has 0 spiro atoms. The lowest BCUT2D eigenvalue weighted by atomic mass is 10.0. The second-order valence-corrected chi connectivity index (χ2v) is 6.97. The number of nitrogens with zero attached hydrogens (tertiary/aromatic N) is 1. The number of hydrogen-bond acceptors (Lipinski definition) is 4. The van der Waals surface area contributed by atoms with Crippen LogP contribution in [0.4, 0.5) is 4.79 Å². The number of aliphatic hydroxyl groups excluding tert-OH is 2. The monoisotopic (exact) mass is 334 g/mol. The zero-order valence-corrected chi connectivity index (χ0v) is 14.8. The molecule has 1 aromatic heterocycles. The van der Waals surface area contributed by atoms with E-state index in [9.17, 15) is 15.0 Å². The summed E-state index contributed by atoms with van der Waals surface area (Å²) < 4.78 is 7.10. The molecule has 1 heterocycles. The van der Waals surface area contributed by atoms with E-state index in [0.29, 0.717) is 5.56 Å². The third-order valence-electron chi connectivity index (χ3n) is 3.96. The van der Waals surface area contributed by atoms with Gasteiger partial charge >= 0.3 is 6.09 Å². The Morgan fingerprint density at radius 1 is 1.29 bits per heavy atom. The van der Waals surface area contributed by atoms with Gasteiger partial charge in [-0.2, -0.15) is 0 Å². The number of hydrogen-bond donors (Lipinski definition) is 3. The topological polar surface area (TPSA) is 83.7 Å². The number of fused-ring (bicyclic) bond motifs is 1. The molecule has 2 rings (SSSR count). The van der Waals surface area contributed by atoms with Crippen LogP contribution in [0.2, 0.25) is 0 Å². The third kappa shape index (κ3) is 3.88. The van der Waals surface area contributed by atoms with Gasteiger partial charge in [0.25, 0.3) is 0 Å². The van der Waals surface area contributed by atoms with E-state index in [0.717, 1.165) is 16.6 Å². The van der Waals surface area contributed by atoms with Crippen LogP contribution in [0.3, 0.4) is 0 Å². The first-order valence-corrected chi connectivity index (χ1v) is 7.98. The molecule has 0 saturated heterocycles. The summed E-state index contributed by atoms with van der Waals surface area (Å²) >= 11 is 0. The maximum atomic E-state index is 11.7. The maximum Gasteiger partial charge on any atom is 0.407 e. The highest BCUT2D eigenvalue weighted by atomic mass is 16.6. The quantitative estimate of drug-likeness (QED) is 0.802. The third-order valence-corrected chi connectivity index (χ3v) is 3.96. The van der Waals surface area contributed by atoms with Crippen molar-refractivity contribution >= 4 is 17.0 Å². The molecule has 6 nitrogen and oxygen atoms in total. The van der Waals surface area contributed by atoms with Gasteiger partial charge in [0.05, 0.1) is 0 Å². The summed E-state index contributed by atoms with van der Waals surface area (Å²) in [6.07, 6.45) is -2.86. The number of amides is 1. The van der Waals surface area contributed by atoms with E-state index < -0.39 is 23.9 Å². The Balaban J connectivity index is 2.13. The van der Waals surface area contributed by atoms with Gasteiger partial charge in [-0.05, 0) is 33.8 Å². The van der Waals surface area contributed by atoms with Gasteiger partial charge in [-0.15, -0.1) is 0 Å². The molecular formula is C18H26N2O4. The van der Waals surface area contributed by atoms with Gasteiger partial charge in [-0.25, -0.2) is 4.79 Å². The minimum atomic E-state index is -1.14. The largest absolute Gasteiger partial charge is 0.444 e. The van der Waals surface area contributed by atoms with Crippen molar-refractivity contribution in [2.75, 3.05) is 6.54 Å². The number of aliphatic hydroxyl groups is 2. The molecule has 0 saturated carbocycles.